The van der Waals surface area contributed by atoms with Crippen molar-refractivity contribution in [3.8, 4) is 0 Å². The van der Waals surface area contributed by atoms with Gasteiger partial charge in [-0.2, -0.15) is 13.2 Å². The SMILES string of the molecule is CNC(=O)C1(C(=O)NCC(C)(C)c2ccc(C(F)(F)F)cc2)CC1. The molecule has 24 heavy (non-hydrogen) atoms. The van der Waals surface area contributed by atoms with E-state index in [4.69, 9.17) is 0 Å². The van der Waals surface area contributed by atoms with Crippen molar-refractivity contribution in [2.75, 3.05) is 13.6 Å². The summed E-state index contributed by atoms with van der Waals surface area (Å²) in [6.07, 6.45) is -3.35. The van der Waals surface area contributed by atoms with Gasteiger partial charge >= 0.3 is 6.18 Å². The molecule has 0 bridgehead atoms. The van der Waals surface area contributed by atoms with Gasteiger partial charge in [0, 0.05) is 19.0 Å². The van der Waals surface area contributed by atoms with Crippen LogP contribution < -0.4 is 10.6 Å². The lowest BCUT2D eigenvalue weighted by atomic mass is 9.84. The summed E-state index contributed by atoms with van der Waals surface area (Å²) in [6.45, 7) is 3.89. The van der Waals surface area contributed by atoms with Crippen molar-refractivity contribution < 1.29 is 22.8 Å². The van der Waals surface area contributed by atoms with Crippen LogP contribution >= 0.6 is 0 Å². The fourth-order valence-corrected chi connectivity index (χ4v) is 2.60. The van der Waals surface area contributed by atoms with Crippen LogP contribution in [0.4, 0.5) is 13.2 Å². The molecule has 0 atom stereocenters. The highest BCUT2D eigenvalue weighted by atomic mass is 19.4. The Kier molecular flexibility index (Phi) is 4.65. The molecule has 1 aliphatic rings. The van der Waals surface area contributed by atoms with Crippen LogP contribution in [0.25, 0.3) is 0 Å². The predicted molar refractivity (Wildman–Crippen MR) is 83.2 cm³/mol. The van der Waals surface area contributed by atoms with Crippen molar-refractivity contribution >= 4 is 11.8 Å². The molecule has 7 heteroatoms. The molecule has 0 spiro atoms. The maximum atomic E-state index is 12.6. The molecular weight excluding hydrogens is 321 g/mol. The molecule has 2 rings (SSSR count). The summed E-state index contributed by atoms with van der Waals surface area (Å²) in [5, 5.41) is 5.25. The second-order valence-corrected chi connectivity index (χ2v) is 6.80. The van der Waals surface area contributed by atoms with E-state index >= 15 is 0 Å². The van der Waals surface area contributed by atoms with Gasteiger partial charge in [0.25, 0.3) is 0 Å². The van der Waals surface area contributed by atoms with Crippen molar-refractivity contribution in [3.63, 3.8) is 0 Å². The Morgan fingerprint density at radius 3 is 1.96 bits per heavy atom. The number of alkyl halides is 3. The van der Waals surface area contributed by atoms with E-state index in [1.165, 1.54) is 19.2 Å². The molecule has 1 saturated carbocycles. The Hall–Kier alpha value is -2.05. The van der Waals surface area contributed by atoms with Gasteiger partial charge < -0.3 is 10.6 Å². The van der Waals surface area contributed by atoms with E-state index < -0.39 is 22.6 Å². The third kappa shape index (κ3) is 3.55. The third-order valence-electron chi connectivity index (χ3n) is 4.53. The fourth-order valence-electron chi connectivity index (χ4n) is 2.60. The van der Waals surface area contributed by atoms with Crippen molar-refractivity contribution in [1.82, 2.24) is 10.6 Å². The third-order valence-corrected chi connectivity index (χ3v) is 4.53. The zero-order chi connectivity index (χ0) is 18.2. The standard InChI is InChI=1S/C17H21F3N2O2/c1-15(2,11-4-6-12(7-5-11)17(18,19)20)10-22-14(24)16(8-9-16)13(23)21-3/h4-7H,8-10H2,1-3H3,(H,21,23)(H,22,24). The number of nitrogens with one attached hydrogen (secondary N) is 2. The zero-order valence-electron chi connectivity index (χ0n) is 13.9. The van der Waals surface area contributed by atoms with Crippen molar-refractivity contribution in [2.45, 2.75) is 38.3 Å². The normalized spacial score (nSPS) is 16.4. The fraction of sp³-hybridized carbons (Fsp3) is 0.529. The average molecular weight is 342 g/mol. The van der Waals surface area contributed by atoms with Crippen LogP contribution in [-0.4, -0.2) is 25.4 Å². The minimum absolute atomic E-state index is 0.232. The number of carbonyl (C=O) groups excluding carboxylic acids is 2. The van der Waals surface area contributed by atoms with E-state index in [0.29, 0.717) is 18.4 Å². The van der Waals surface area contributed by atoms with Crippen molar-refractivity contribution in [1.29, 1.82) is 0 Å². The van der Waals surface area contributed by atoms with Gasteiger partial charge in [-0.3, -0.25) is 9.59 Å². The average Bonchev–Trinajstić information content (AvgIpc) is 3.33. The number of hydrogen-bond acceptors (Lipinski definition) is 2. The number of amides is 2. The van der Waals surface area contributed by atoms with Gasteiger partial charge in [-0.25, -0.2) is 0 Å². The zero-order valence-corrected chi connectivity index (χ0v) is 13.9. The Labute approximate surface area is 138 Å². The van der Waals surface area contributed by atoms with Gasteiger partial charge in [0.15, 0.2) is 0 Å². The molecule has 132 valence electrons. The molecule has 1 aromatic rings. The molecule has 4 nitrogen and oxygen atoms in total. The minimum atomic E-state index is -4.37. The van der Waals surface area contributed by atoms with E-state index in [0.717, 1.165) is 12.1 Å². The van der Waals surface area contributed by atoms with E-state index in [1.807, 2.05) is 13.8 Å². The highest BCUT2D eigenvalue weighted by Gasteiger charge is 2.56. The second kappa shape index (κ2) is 6.11. The summed E-state index contributed by atoms with van der Waals surface area (Å²) < 4.78 is 37.9. The van der Waals surface area contributed by atoms with E-state index in [2.05, 4.69) is 10.6 Å². The van der Waals surface area contributed by atoms with Gasteiger partial charge in [0.05, 0.1) is 5.56 Å². The summed E-state index contributed by atoms with van der Waals surface area (Å²) in [4.78, 5) is 24.1. The van der Waals surface area contributed by atoms with E-state index in [9.17, 15) is 22.8 Å². The van der Waals surface area contributed by atoms with Crippen LogP contribution in [0.1, 0.15) is 37.8 Å². The number of benzene rings is 1. The monoisotopic (exact) mass is 342 g/mol. The molecule has 0 aliphatic heterocycles. The number of rotatable bonds is 5. The summed E-state index contributed by atoms with van der Waals surface area (Å²) >= 11 is 0. The second-order valence-electron chi connectivity index (χ2n) is 6.80. The van der Waals surface area contributed by atoms with Crippen molar-refractivity contribution in [2.24, 2.45) is 5.41 Å². The van der Waals surface area contributed by atoms with Crippen LogP contribution in [-0.2, 0) is 21.2 Å². The van der Waals surface area contributed by atoms with Crippen LogP contribution in [0.15, 0.2) is 24.3 Å². The Morgan fingerprint density at radius 2 is 1.54 bits per heavy atom. The lowest BCUT2D eigenvalue weighted by molar-refractivity contribution is -0.138. The smallest absolute Gasteiger partial charge is 0.358 e. The summed E-state index contributed by atoms with van der Waals surface area (Å²) in [5.41, 5.74) is -1.56. The first-order valence-corrected chi connectivity index (χ1v) is 7.71. The van der Waals surface area contributed by atoms with Gasteiger partial charge in [0.2, 0.25) is 11.8 Å². The molecule has 0 saturated heterocycles. The maximum absolute atomic E-state index is 12.6. The van der Waals surface area contributed by atoms with Gasteiger partial charge in [-0.1, -0.05) is 26.0 Å². The summed E-state index contributed by atoms with van der Waals surface area (Å²) in [7, 11) is 1.49. The molecule has 0 radical (unpaired) electrons. The van der Waals surface area contributed by atoms with E-state index in [-0.39, 0.29) is 18.4 Å². The van der Waals surface area contributed by atoms with Gasteiger partial charge in [-0.05, 0) is 30.5 Å². The van der Waals surface area contributed by atoms with E-state index in [1.54, 1.807) is 0 Å². The molecule has 1 aromatic carbocycles. The van der Waals surface area contributed by atoms with Crippen LogP contribution in [0.5, 0.6) is 0 Å². The number of carbonyl (C=O) groups is 2. The molecule has 0 aromatic heterocycles. The topological polar surface area (TPSA) is 58.2 Å². The van der Waals surface area contributed by atoms with Crippen LogP contribution in [0, 0.1) is 5.41 Å². The lowest BCUT2D eigenvalue weighted by Crippen LogP contribution is -2.45. The quantitative estimate of drug-likeness (QED) is 0.808. The van der Waals surface area contributed by atoms with Gasteiger partial charge in [-0.15, -0.1) is 0 Å². The minimum Gasteiger partial charge on any atom is -0.358 e. The Bertz CT molecular complexity index is 632. The van der Waals surface area contributed by atoms with Crippen LogP contribution in [0.2, 0.25) is 0 Å². The first kappa shape index (κ1) is 18.3. The largest absolute Gasteiger partial charge is 0.416 e. The molecule has 2 N–H and O–H groups in total. The molecular formula is C17H21F3N2O2. The molecule has 0 heterocycles. The number of hydrogen-bond donors (Lipinski definition) is 2. The number of halogens is 3. The summed E-state index contributed by atoms with van der Waals surface area (Å²) in [6, 6.07) is 4.90. The Morgan fingerprint density at radius 1 is 1.04 bits per heavy atom. The molecule has 2 amide bonds. The first-order chi connectivity index (χ1) is 11.0. The predicted octanol–water partition coefficient (Wildman–Crippen LogP) is 2.63. The van der Waals surface area contributed by atoms with Gasteiger partial charge in [0.1, 0.15) is 5.41 Å². The molecule has 1 aliphatic carbocycles. The Balaban J connectivity index is 2.04. The maximum Gasteiger partial charge on any atom is 0.416 e. The van der Waals surface area contributed by atoms with Crippen molar-refractivity contribution in [3.05, 3.63) is 35.4 Å². The highest BCUT2D eigenvalue weighted by molar-refractivity contribution is 6.07. The lowest BCUT2D eigenvalue weighted by Gasteiger charge is -2.27. The molecule has 1 fully saturated rings. The highest BCUT2D eigenvalue weighted by Crippen LogP contribution is 2.46. The summed E-state index contributed by atoms with van der Waals surface area (Å²) in [5.74, 6) is -0.630. The van der Waals surface area contributed by atoms with Crippen LogP contribution in [0.3, 0.4) is 0 Å². The first-order valence-electron chi connectivity index (χ1n) is 7.71. The molecule has 0 unspecified atom stereocenters.